The average Bonchev–Trinajstić information content (AvgIpc) is 3.39. The molecule has 0 spiro atoms. The normalized spacial score (nSPS) is 16.8. The molecule has 1 aliphatic rings. The smallest absolute Gasteiger partial charge is 0.343 e. The van der Waals surface area contributed by atoms with Crippen molar-refractivity contribution in [3.63, 3.8) is 0 Å². The maximum atomic E-state index is 14.1. The van der Waals surface area contributed by atoms with E-state index >= 15 is 0 Å². The van der Waals surface area contributed by atoms with Crippen molar-refractivity contribution in [2.75, 3.05) is 18.1 Å². The first-order valence-electron chi connectivity index (χ1n) is 10.2. The van der Waals surface area contributed by atoms with Gasteiger partial charge in [0.05, 0.1) is 31.1 Å². The van der Waals surface area contributed by atoms with Gasteiger partial charge in [-0.15, -0.1) is 0 Å². The number of rotatable bonds is 4. The number of nitrogens with two attached hydrogens (primary N) is 1. The van der Waals surface area contributed by atoms with Crippen LogP contribution in [0.3, 0.4) is 0 Å². The third kappa shape index (κ3) is 4.20. The highest BCUT2D eigenvalue weighted by Crippen LogP contribution is 2.36. The van der Waals surface area contributed by atoms with Crippen LogP contribution >= 0.6 is 0 Å². The maximum Gasteiger partial charge on any atom is 0.343 e. The number of carbonyl (C=O) groups is 1. The molecule has 0 bridgehead atoms. The highest BCUT2D eigenvalue weighted by Gasteiger charge is 2.30. The van der Waals surface area contributed by atoms with Gasteiger partial charge in [0.15, 0.2) is 5.65 Å². The summed E-state index contributed by atoms with van der Waals surface area (Å²) < 4.78 is 20.7. The largest absolute Gasteiger partial charge is 0.462 e. The number of carbonyl (C=O) groups excluding carboxylic acids is 1. The standard InChI is InChI=1S/C22H23FN6O2/c1-3-31-22(30)17-13-26-29-10-8-20(27-21(17)29)28-9-4-5-19(28)16-11-15(23)12-25-18(16)7-6-14(2)24/h8,10-14,19H,3-5,9,24H2,1-2H3/t14-,19-/m1/s1. The third-order valence-corrected chi connectivity index (χ3v) is 5.06. The molecule has 0 unspecified atom stereocenters. The summed E-state index contributed by atoms with van der Waals surface area (Å²) in [7, 11) is 0. The molecule has 1 aliphatic heterocycles. The van der Waals surface area contributed by atoms with Crippen LogP contribution in [0.25, 0.3) is 5.65 Å². The third-order valence-electron chi connectivity index (χ3n) is 5.06. The van der Waals surface area contributed by atoms with E-state index in [-0.39, 0.29) is 18.7 Å². The van der Waals surface area contributed by atoms with Gasteiger partial charge in [-0.3, -0.25) is 0 Å². The Morgan fingerprint density at radius 1 is 1.45 bits per heavy atom. The maximum absolute atomic E-state index is 14.1. The summed E-state index contributed by atoms with van der Waals surface area (Å²) in [6.45, 7) is 4.52. The summed E-state index contributed by atoms with van der Waals surface area (Å²) in [6.07, 6.45) is 6.06. The van der Waals surface area contributed by atoms with E-state index in [2.05, 4.69) is 31.8 Å². The predicted octanol–water partition coefficient (Wildman–Crippen LogP) is 2.48. The highest BCUT2D eigenvalue weighted by molar-refractivity contribution is 5.95. The Bertz CT molecular complexity index is 1180. The quantitative estimate of drug-likeness (QED) is 0.509. The first-order valence-corrected chi connectivity index (χ1v) is 10.2. The molecule has 4 heterocycles. The van der Waals surface area contributed by atoms with Gasteiger partial charge in [-0.1, -0.05) is 5.92 Å². The van der Waals surface area contributed by atoms with Crippen LogP contribution in [0.4, 0.5) is 10.2 Å². The summed E-state index contributed by atoms with van der Waals surface area (Å²) in [5.41, 5.74) is 7.68. The van der Waals surface area contributed by atoms with E-state index in [1.54, 1.807) is 20.0 Å². The van der Waals surface area contributed by atoms with E-state index in [4.69, 9.17) is 10.5 Å². The molecule has 3 aromatic heterocycles. The first-order chi connectivity index (χ1) is 15.0. The van der Waals surface area contributed by atoms with E-state index in [0.717, 1.165) is 25.6 Å². The summed E-state index contributed by atoms with van der Waals surface area (Å²) in [5, 5.41) is 4.18. The van der Waals surface area contributed by atoms with Crippen molar-refractivity contribution >= 4 is 17.4 Å². The van der Waals surface area contributed by atoms with E-state index in [1.807, 2.05) is 6.07 Å². The minimum Gasteiger partial charge on any atom is -0.462 e. The highest BCUT2D eigenvalue weighted by atomic mass is 19.1. The number of aromatic nitrogens is 4. The van der Waals surface area contributed by atoms with Gasteiger partial charge in [0, 0.05) is 18.3 Å². The van der Waals surface area contributed by atoms with E-state index in [0.29, 0.717) is 28.3 Å². The predicted molar refractivity (Wildman–Crippen MR) is 113 cm³/mol. The summed E-state index contributed by atoms with van der Waals surface area (Å²) in [5.74, 6) is 5.65. The summed E-state index contributed by atoms with van der Waals surface area (Å²) >= 11 is 0. The first kappa shape index (κ1) is 20.8. The lowest BCUT2D eigenvalue weighted by Crippen LogP contribution is -2.25. The topological polar surface area (TPSA) is 98.6 Å². The molecular weight excluding hydrogens is 399 g/mol. The van der Waals surface area contributed by atoms with Gasteiger partial charge in [0.25, 0.3) is 0 Å². The SMILES string of the molecule is CCOC(=O)c1cnn2ccc(N3CCC[C@@H]3c3cc(F)cnc3C#C[C@@H](C)N)nc12. The second-order valence-electron chi connectivity index (χ2n) is 7.33. The fraction of sp³-hybridized carbons (Fsp3) is 0.364. The van der Waals surface area contributed by atoms with Crippen LogP contribution in [-0.2, 0) is 4.74 Å². The molecule has 2 atom stereocenters. The zero-order valence-corrected chi connectivity index (χ0v) is 17.4. The van der Waals surface area contributed by atoms with Gasteiger partial charge >= 0.3 is 5.97 Å². The molecule has 1 fully saturated rings. The van der Waals surface area contributed by atoms with Crippen LogP contribution in [-0.4, -0.2) is 44.7 Å². The lowest BCUT2D eigenvalue weighted by molar-refractivity contribution is 0.0528. The van der Waals surface area contributed by atoms with Crippen molar-refractivity contribution in [3.8, 4) is 11.8 Å². The number of esters is 1. The molecule has 0 saturated carbocycles. The Kier molecular flexibility index (Phi) is 5.82. The number of ether oxygens (including phenoxy) is 1. The van der Waals surface area contributed by atoms with E-state index < -0.39 is 11.8 Å². The van der Waals surface area contributed by atoms with Gasteiger partial charge in [-0.25, -0.2) is 23.7 Å². The Hall–Kier alpha value is -3.51. The fourth-order valence-corrected chi connectivity index (χ4v) is 3.73. The van der Waals surface area contributed by atoms with E-state index in [1.165, 1.54) is 16.8 Å². The molecule has 160 valence electrons. The number of fused-ring (bicyclic) bond motifs is 1. The van der Waals surface area contributed by atoms with Crippen LogP contribution in [0, 0.1) is 17.7 Å². The zero-order valence-electron chi connectivity index (χ0n) is 17.4. The van der Waals surface area contributed by atoms with Gasteiger partial charge in [-0.2, -0.15) is 5.10 Å². The molecule has 0 aliphatic carbocycles. The number of nitrogens with zero attached hydrogens (tertiary/aromatic N) is 5. The molecule has 8 nitrogen and oxygen atoms in total. The van der Waals surface area contributed by atoms with Crippen molar-refractivity contribution in [3.05, 3.63) is 53.4 Å². The fourth-order valence-electron chi connectivity index (χ4n) is 3.73. The summed E-state index contributed by atoms with van der Waals surface area (Å²) in [6, 6.07) is 2.84. The Morgan fingerprint density at radius 2 is 2.29 bits per heavy atom. The molecule has 1 saturated heterocycles. The second-order valence-corrected chi connectivity index (χ2v) is 7.33. The molecule has 9 heteroatoms. The minimum absolute atomic E-state index is 0.149. The van der Waals surface area contributed by atoms with Crippen LogP contribution in [0.5, 0.6) is 0 Å². The van der Waals surface area contributed by atoms with Gasteiger partial charge in [0.2, 0.25) is 0 Å². The van der Waals surface area contributed by atoms with Crippen molar-refractivity contribution < 1.29 is 13.9 Å². The minimum atomic E-state index is -0.470. The van der Waals surface area contributed by atoms with Gasteiger partial charge < -0.3 is 15.4 Å². The number of anilines is 1. The van der Waals surface area contributed by atoms with Crippen molar-refractivity contribution in [2.24, 2.45) is 5.73 Å². The summed E-state index contributed by atoms with van der Waals surface area (Å²) in [4.78, 5) is 23.2. The molecule has 31 heavy (non-hydrogen) atoms. The lowest BCUT2D eigenvalue weighted by atomic mass is 10.0. The Morgan fingerprint density at radius 3 is 3.06 bits per heavy atom. The molecule has 4 rings (SSSR count). The monoisotopic (exact) mass is 422 g/mol. The number of halogens is 1. The van der Waals surface area contributed by atoms with Crippen molar-refractivity contribution in [2.45, 2.75) is 38.8 Å². The van der Waals surface area contributed by atoms with Crippen molar-refractivity contribution in [1.82, 2.24) is 19.6 Å². The van der Waals surface area contributed by atoms with Crippen LogP contribution in [0.1, 0.15) is 54.3 Å². The molecular formula is C22H23FN6O2. The van der Waals surface area contributed by atoms with Crippen LogP contribution < -0.4 is 10.6 Å². The Balaban J connectivity index is 1.74. The number of hydrogen-bond acceptors (Lipinski definition) is 7. The Labute approximate surface area is 179 Å². The molecule has 0 radical (unpaired) electrons. The molecule has 0 amide bonds. The molecule has 2 N–H and O–H groups in total. The van der Waals surface area contributed by atoms with Crippen molar-refractivity contribution in [1.29, 1.82) is 0 Å². The van der Waals surface area contributed by atoms with Gasteiger partial charge in [-0.05, 0) is 44.7 Å². The number of hydrogen-bond donors (Lipinski definition) is 1. The molecule has 3 aromatic rings. The lowest BCUT2D eigenvalue weighted by Gasteiger charge is -2.26. The van der Waals surface area contributed by atoms with Gasteiger partial charge in [0.1, 0.15) is 22.9 Å². The molecule has 0 aromatic carbocycles. The average molecular weight is 422 g/mol. The van der Waals surface area contributed by atoms with Crippen LogP contribution in [0.15, 0.2) is 30.7 Å². The zero-order chi connectivity index (χ0) is 22.0. The second kappa shape index (κ2) is 8.70. The number of pyridine rings is 1. The van der Waals surface area contributed by atoms with Crippen LogP contribution in [0.2, 0.25) is 0 Å². The van der Waals surface area contributed by atoms with E-state index in [9.17, 15) is 9.18 Å².